The Balaban J connectivity index is 1.84. The number of pyridine rings is 1. The van der Waals surface area contributed by atoms with Crippen LogP contribution in [0.1, 0.15) is 36.2 Å². The summed E-state index contributed by atoms with van der Waals surface area (Å²) in [4.78, 5) is 18.5. The van der Waals surface area contributed by atoms with Gasteiger partial charge in [0, 0.05) is 23.7 Å². The number of rotatable bonds is 1. The van der Waals surface area contributed by atoms with Crippen molar-refractivity contribution in [1.29, 1.82) is 0 Å². The van der Waals surface area contributed by atoms with E-state index in [2.05, 4.69) is 4.98 Å². The van der Waals surface area contributed by atoms with E-state index in [0.717, 1.165) is 25.7 Å². The quantitative estimate of drug-likeness (QED) is 0.718. The van der Waals surface area contributed by atoms with Crippen LogP contribution < -0.4 is 0 Å². The molecule has 0 saturated carbocycles. The summed E-state index contributed by atoms with van der Waals surface area (Å²) in [7, 11) is 0. The number of hydrogen-bond acceptors (Lipinski definition) is 2. The molecule has 2 aliphatic rings. The second-order valence-electron chi connectivity index (χ2n) is 4.88. The average molecular weight is 251 g/mol. The summed E-state index contributed by atoms with van der Waals surface area (Å²) in [5.41, 5.74) is 0.553. The van der Waals surface area contributed by atoms with Crippen LogP contribution in [-0.4, -0.2) is 33.3 Å². The first-order chi connectivity index (χ1) is 8.25. The van der Waals surface area contributed by atoms with Crippen molar-refractivity contribution in [2.75, 3.05) is 0 Å². The molecule has 2 fully saturated rings. The molecule has 3 heterocycles. The second-order valence-corrected chi connectivity index (χ2v) is 5.50. The highest BCUT2D eigenvalue weighted by molar-refractivity contribution is 6.20. The Hall–Kier alpha value is -1.09. The first-order valence-corrected chi connectivity index (χ1v) is 6.57. The maximum atomic E-state index is 12.4. The minimum absolute atomic E-state index is 0.0710. The first kappa shape index (κ1) is 11.0. The number of aromatic nitrogens is 1. The number of carbonyl (C=O) groups is 1. The highest BCUT2D eigenvalue weighted by Gasteiger charge is 2.43. The Morgan fingerprint density at radius 1 is 1.29 bits per heavy atom. The lowest BCUT2D eigenvalue weighted by atomic mass is 10.0. The van der Waals surface area contributed by atoms with Crippen molar-refractivity contribution in [2.45, 2.75) is 43.1 Å². The van der Waals surface area contributed by atoms with Gasteiger partial charge in [-0.1, -0.05) is 6.07 Å². The molecule has 0 spiro atoms. The van der Waals surface area contributed by atoms with Crippen LogP contribution in [0.3, 0.4) is 0 Å². The van der Waals surface area contributed by atoms with Crippen molar-refractivity contribution in [3.8, 4) is 0 Å². The van der Waals surface area contributed by atoms with Gasteiger partial charge in [0.1, 0.15) is 5.69 Å². The number of piperidine rings is 1. The fourth-order valence-corrected chi connectivity index (χ4v) is 3.48. The normalized spacial score (nSPS) is 31.6. The molecule has 90 valence electrons. The molecule has 1 aromatic rings. The summed E-state index contributed by atoms with van der Waals surface area (Å²) < 4.78 is 0. The lowest BCUT2D eigenvalue weighted by molar-refractivity contribution is 0.0593. The third-order valence-electron chi connectivity index (χ3n) is 3.79. The second kappa shape index (κ2) is 4.30. The van der Waals surface area contributed by atoms with E-state index in [4.69, 9.17) is 11.6 Å². The molecule has 2 unspecified atom stereocenters. The van der Waals surface area contributed by atoms with Gasteiger partial charge in [0.05, 0.1) is 0 Å². The van der Waals surface area contributed by atoms with E-state index in [9.17, 15) is 4.79 Å². The molecule has 0 aromatic carbocycles. The molecule has 4 heteroatoms. The number of fused-ring (bicyclic) bond motifs is 2. The zero-order valence-corrected chi connectivity index (χ0v) is 10.3. The van der Waals surface area contributed by atoms with Crippen molar-refractivity contribution in [2.24, 2.45) is 0 Å². The van der Waals surface area contributed by atoms with Crippen LogP contribution in [0, 0.1) is 0 Å². The molecule has 0 aliphatic carbocycles. The summed E-state index contributed by atoms with van der Waals surface area (Å²) in [6, 6.07) is 6.12. The summed E-state index contributed by atoms with van der Waals surface area (Å²) in [6.45, 7) is 0. The van der Waals surface area contributed by atoms with Crippen LogP contribution in [0.4, 0.5) is 0 Å². The zero-order chi connectivity index (χ0) is 11.8. The van der Waals surface area contributed by atoms with Crippen LogP contribution in [0.25, 0.3) is 0 Å². The van der Waals surface area contributed by atoms with Gasteiger partial charge in [0.25, 0.3) is 5.91 Å². The van der Waals surface area contributed by atoms with E-state index < -0.39 is 0 Å². The molecule has 17 heavy (non-hydrogen) atoms. The summed E-state index contributed by atoms with van der Waals surface area (Å²) in [5, 5.41) is 0.236. The molecule has 1 amide bonds. The van der Waals surface area contributed by atoms with Crippen LogP contribution in [-0.2, 0) is 0 Å². The average Bonchev–Trinajstić information content (AvgIpc) is 2.62. The monoisotopic (exact) mass is 250 g/mol. The third kappa shape index (κ3) is 1.93. The predicted molar refractivity (Wildman–Crippen MR) is 66.1 cm³/mol. The highest BCUT2D eigenvalue weighted by atomic mass is 35.5. The number of amides is 1. The van der Waals surface area contributed by atoms with Crippen LogP contribution in [0.2, 0.25) is 0 Å². The number of nitrogens with zero attached hydrogens (tertiary/aromatic N) is 2. The number of halogens is 1. The van der Waals surface area contributed by atoms with Crippen molar-refractivity contribution in [1.82, 2.24) is 9.88 Å². The van der Waals surface area contributed by atoms with Crippen molar-refractivity contribution in [3.63, 3.8) is 0 Å². The van der Waals surface area contributed by atoms with E-state index in [-0.39, 0.29) is 11.3 Å². The van der Waals surface area contributed by atoms with Crippen molar-refractivity contribution < 1.29 is 4.79 Å². The van der Waals surface area contributed by atoms with E-state index in [1.165, 1.54) is 0 Å². The van der Waals surface area contributed by atoms with Crippen LogP contribution in [0.15, 0.2) is 24.4 Å². The lowest BCUT2D eigenvalue weighted by Gasteiger charge is -2.36. The number of hydrogen-bond donors (Lipinski definition) is 0. The van der Waals surface area contributed by atoms with Gasteiger partial charge in [-0.05, 0) is 37.8 Å². The molecular weight excluding hydrogens is 236 g/mol. The molecular formula is C13H15ClN2O. The summed E-state index contributed by atoms with van der Waals surface area (Å²) in [6.07, 6.45) is 5.70. The topological polar surface area (TPSA) is 33.2 Å². The predicted octanol–water partition coefficient (Wildman–Crippen LogP) is 2.46. The molecule has 3 nitrogen and oxygen atoms in total. The van der Waals surface area contributed by atoms with Gasteiger partial charge < -0.3 is 4.90 Å². The van der Waals surface area contributed by atoms with Gasteiger partial charge in [0.2, 0.25) is 0 Å². The smallest absolute Gasteiger partial charge is 0.272 e. The Labute approximate surface area is 106 Å². The molecule has 2 aliphatic heterocycles. The standard InChI is InChI=1S/C13H15ClN2O/c14-9-7-10-4-5-11(8-9)16(10)13(17)12-3-1-2-6-15-12/h1-3,6,9-11H,4-5,7-8H2. The molecule has 2 bridgehead atoms. The maximum absolute atomic E-state index is 12.4. The fourth-order valence-electron chi connectivity index (χ4n) is 3.06. The largest absolute Gasteiger partial charge is 0.331 e. The van der Waals surface area contributed by atoms with Crippen molar-refractivity contribution >= 4 is 17.5 Å². The maximum Gasteiger partial charge on any atom is 0.272 e. The minimum Gasteiger partial charge on any atom is -0.331 e. The molecule has 2 saturated heterocycles. The van der Waals surface area contributed by atoms with E-state index in [1.54, 1.807) is 12.3 Å². The van der Waals surface area contributed by atoms with E-state index in [1.807, 2.05) is 17.0 Å². The minimum atomic E-state index is 0.0710. The summed E-state index contributed by atoms with van der Waals surface area (Å²) in [5.74, 6) is 0.0710. The number of carbonyl (C=O) groups excluding carboxylic acids is 1. The fraction of sp³-hybridized carbons (Fsp3) is 0.538. The van der Waals surface area contributed by atoms with Gasteiger partial charge in [-0.15, -0.1) is 11.6 Å². The van der Waals surface area contributed by atoms with Gasteiger partial charge in [-0.25, -0.2) is 0 Å². The molecule has 0 radical (unpaired) electrons. The molecule has 0 N–H and O–H groups in total. The first-order valence-electron chi connectivity index (χ1n) is 6.13. The van der Waals surface area contributed by atoms with Gasteiger partial charge >= 0.3 is 0 Å². The molecule has 1 aromatic heterocycles. The van der Waals surface area contributed by atoms with E-state index >= 15 is 0 Å². The molecule has 2 atom stereocenters. The van der Waals surface area contributed by atoms with Gasteiger partial charge in [-0.3, -0.25) is 9.78 Å². The SMILES string of the molecule is O=C(c1ccccn1)N1C2CCC1CC(Cl)C2. The molecule has 3 rings (SSSR count). The van der Waals surface area contributed by atoms with Gasteiger partial charge in [-0.2, -0.15) is 0 Å². The van der Waals surface area contributed by atoms with Crippen LogP contribution >= 0.6 is 11.6 Å². The number of alkyl halides is 1. The van der Waals surface area contributed by atoms with Crippen molar-refractivity contribution in [3.05, 3.63) is 30.1 Å². The highest BCUT2D eigenvalue weighted by Crippen LogP contribution is 2.38. The summed E-state index contributed by atoms with van der Waals surface area (Å²) >= 11 is 6.21. The van der Waals surface area contributed by atoms with Gasteiger partial charge in [0.15, 0.2) is 0 Å². The Kier molecular flexibility index (Phi) is 2.79. The van der Waals surface area contributed by atoms with Crippen LogP contribution in [0.5, 0.6) is 0 Å². The Bertz CT molecular complexity index is 409. The van der Waals surface area contributed by atoms with E-state index in [0.29, 0.717) is 17.8 Å². The lowest BCUT2D eigenvalue weighted by Crippen LogP contribution is -2.47. The zero-order valence-electron chi connectivity index (χ0n) is 9.55. The Morgan fingerprint density at radius 3 is 2.59 bits per heavy atom. The Morgan fingerprint density at radius 2 is 2.00 bits per heavy atom. The third-order valence-corrected chi connectivity index (χ3v) is 4.15.